The number of ether oxygens (including phenoxy) is 1. The van der Waals surface area contributed by atoms with Crippen LogP contribution in [-0.2, 0) is 4.79 Å². The SMILES string of the molecule is CCOc1ccc(C(=O)Nc2ccc(N3CCN(C(=O)CC(C)C)CC3)cc2)cc1. The minimum Gasteiger partial charge on any atom is -0.494 e. The molecule has 1 saturated heterocycles. The summed E-state index contributed by atoms with van der Waals surface area (Å²) < 4.78 is 5.41. The number of rotatable bonds is 7. The first-order valence-corrected chi connectivity index (χ1v) is 10.6. The highest BCUT2D eigenvalue weighted by Gasteiger charge is 2.21. The average molecular weight is 410 g/mol. The van der Waals surface area contributed by atoms with Crippen molar-refractivity contribution in [3.8, 4) is 5.75 Å². The molecule has 0 radical (unpaired) electrons. The van der Waals surface area contributed by atoms with Gasteiger partial charge in [-0.1, -0.05) is 13.8 Å². The number of amides is 2. The third-order valence-corrected chi connectivity index (χ3v) is 5.13. The molecule has 30 heavy (non-hydrogen) atoms. The molecular formula is C24H31N3O3. The Labute approximate surface area is 178 Å². The molecule has 1 N–H and O–H groups in total. The van der Waals surface area contributed by atoms with Crippen molar-refractivity contribution in [1.82, 2.24) is 4.90 Å². The molecule has 0 aromatic heterocycles. The van der Waals surface area contributed by atoms with Gasteiger partial charge in [0, 0.05) is 49.5 Å². The fourth-order valence-corrected chi connectivity index (χ4v) is 3.52. The van der Waals surface area contributed by atoms with E-state index in [9.17, 15) is 9.59 Å². The van der Waals surface area contributed by atoms with Crippen molar-refractivity contribution >= 4 is 23.2 Å². The summed E-state index contributed by atoms with van der Waals surface area (Å²) in [6.45, 7) is 9.82. The van der Waals surface area contributed by atoms with Crippen molar-refractivity contribution in [3.63, 3.8) is 0 Å². The fraction of sp³-hybridized carbons (Fsp3) is 0.417. The Morgan fingerprint density at radius 1 is 0.967 bits per heavy atom. The standard InChI is InChI=1S/C24H31N3O3/c1-4-30-22-11-5-19(6-12-22)24(29)25-20-7-9-21(10-8-20)26-13-15-27(16-14-26)23(28)17-18(2)3/h5-12,18H,4,13-17H2,1-3H3,(H,25,29). The maximum absolute atomic E-state index is 12.4. The van der Waals surface area contributed by atoms with E-state index in [1.807, 2.05) is 36.1 Å². The van der Waals surface area contributed by atoms with E-state index in [0.717, 1.165) is 43.3 Å². The van der Waals surface area contributed by atoms with Gasteiger partial charge in [-0.3, -0.25) is 9.59 Å². The van der Waals surface area contributed by atoms with E-state index in [2.05, 4.69) is 24.1 Å². The lowest BCUT2D eigenvalue weighted by atomic mass is 10.1. The summed E-state index contributed by atoms with van der Waals surface area (Å²) in [5.41, 5.74) is 2.44. The number of carbonyl (C=O) groups is 2. The molecule has 6 nitrogen and oxygen atoms in total. The second-order valence-electron chi connectivity index (χ2n) is 7.92. The second kappa shape index (κ2) is 10.1. The van der Waals surface area contributed by atoms with Crippen LogP contribution in [0.3, 0.4) is 0 Å². The van der Waals surface area contributed by atoms with Crippen molar-refractivity contribution in [2.24, 2.45) is 5.92 Å². The van der Waals surface area contributed by atoms with Crippen LogP contribution in [0.4, 0.5) is 11.4 Å². The molecular weight excluding hydrogens is 378 g/mol. The maximum atomic E-state index is 12.4. The van der Waals surface area contributed by atoms with Gasteiger partial charge in [0.15, 0.2) is 0 Å². The fourth-order valence-electron chi connectivity index (χ4n) is 3.52. The third-order valence-electron chi connectivity index (χ3n) is 5.13. The van der Waals surface area contributed by atoms with Gasteiger partial charge in [-0.2, -0.15) is 0 Å². The first-order chi connectivity index (χ1) is 14.5. The molecule has 0 unspecified atom stereocenters. The maximum Gasteiger partial charge on any atom is 0.255 e. The van der Waals surface area contributed by atoms with Gasteiger partial charge in [0.25, 0.3) is 5.91 Å². The van der Waals surface area contributed by atoms with E-state index < -0.39 is 0 Å². The van der Waals surface area contributed by atoms with E-state index in [4.69, 9.17) is 4.74 Å². The Morgan fingerprint density at radius 3 is 2.17 bits per heavy atom. The Kier molecular flexibility index (Phi) is 7.33. The van der Waals surface area contributed by atoms with Crippen LogP contribution in [0.25, 0.3) is 0 Å². The number of anilines is 2. The quantitative estimate of drug-likeness (QED) is 0.750. The zero-order valence-corrected chi connectivity index (χ0v) is 18.1. The molecule has 0 saturated carbocycles. The average Bonchev–Trinajstić information content (AvgIpc) is 2.75. The number of hydrogen-bond acceptors (Lipinski definition) is 4. The van der Waals surface area contributed by atoms with E-state index in [0.29, 0.717) is 24.5 Å². The molecule has 0 aliphatic carbocycles. The van der Waals surface area contributed by atoms with Gasteiger partial charge in [-0.05, 0) is 61.4 Å². The first kappa shape index (κ1) is 21.7. The summed E-state index contributed by atoms with van der Waals surface area (Å²) in [6.07, 6.45) is 0.614. The van der Waals surface area contributed by atoms with E-state index in [1.165, 1.54) is 0 Å². The highest BCUT2D eigenvalue weighted by molar-refractivity contribution is 6.04. The Hall–Kier alpha value is -3.02. The summed E-state index contributed by atoms with van der Waals surface area (Å²) in [5.74, 6) is 1.24. The molecule has 1 aliphatic heterocycles. The summed E-state index contributed by atoms with van der Waals surface area (Å²) in [6, 6.07) is 15.0. The lowest BCUT2D eigenvalue weighted by molar-refractivity contribution is -0.132. The van der Waals surface area contributed by atoms with Crippen LogP contribution in [-0.4, -0.2) is 49.5 Å². The normalized spacial score (nSPS) is 14.0. The van der Waals surface area contributed by atoms with Gasteiger partial charge in [0.1, 0.15) is 5.75 Å². The van der Waals surface area contributed by atoms with Crippen LogP contribution in [0.5, 0.6) is 5.75 Å². The van der Waals surface area contributed by atoms with Crippen molar-refractivity contribution in [2.45, 2.75) is 27.2 Å². The van der Waals surface area contributed by atoms with Crippen LogP contribution in [0, 0.1) is 5.92 Å². The molecule has 1 fully saturated rings. The van der Waals surface area contributed by atoms with Crippen LogP contribution >= 0.6 is 0 Å². The zero-order chi connectivity index (χ0) is 21.5. The third kappa shape index (κ3) is 5.75. The minimum atomic E-state index is -0.150. The van der Waals surface area contributed by atoms with Gasteiger partial charge in [0.05, 0.1) is 6.61 Å². The summed E-state index contributed by atoms with van der Waals surface area (Å²) >= 11 is 0. The van der Waals surface area contributed by atoms with Crippen molar-refractivity contribution in [3.05, 3.63) is 54.1 Å². The van der Waals surface area contributed by atoms with Crippen LogP contribution < -0.4 is 15.0 Å². The van der Waals surface area contributed by atoms with E-state index in [1.54, 1.807) is 24.3 Å². The van der Waals surface area contributed by atoms with Crippen LogP contribution in [0.2, 0.25) is 0 Å². The summed E-state index contributed by atoms with van der Waals surface area (Å²) in [5, 5.41) is 2.93. The molecule has 1 heterocycles. The summed E-state index contributed by atoms with van der Waals surface area (Å²) in [4.78, 5) is 28.9. The molecule has 3 rings (SSSR count). The monoisotopic (exact) mass is 409 g/mol. The summed E-state index contributed by atoms with van der Waals surface area (Å²) in [7, 11) is 0. The molecule has 2 amide bonds. The van der Waals surface area contributed by atoms with Crippen LogP contribution in [0.15, 0.2) is 48.5 Å². The van der Waals surface area contributed by atoms with Gasteiger partial charge in [0.2, 0.25) is 5.91 Å². The zero-order valence-electron chi connectivity index (χ0n) is 18.1. The predicted molar refractivity (Wildman–Crippen MR) is 120 cm³/mol. The topological polar surface area (TPSA) is 61.9 Å². The number of nitrogens with zero attached hydrogens (tertiary/aromatic N) is 2. The molecule has 0 bridgehead atoms. The van der Waals surface area contributed by atoms with Crippen molar-refractivity contribution in [2.75, 3.05) is 43.0 Å². The van der Waals surface area contributed by atoms with Gasteiger partial charge >= 0.3 is 0 Å². The predicted octanol–water partition coefficient (Wildman–Crippen LogP) is 4.03. The van der Waals surface area contributed by atoms with E-state index >= 15 is 0 Å². The highest BCUT2D eigenvalue weighted by atomic mass is 16.5. The molecule has 2 aromatic carbocycles. The van der Waals surface area contributed by atoms with Gasteiger partial charge in [-0.15, -0.1) is 0 Å². The lowest BCUT2D eigenvalue weighted by Gasteiger charge is -2.36. The highest BCUT2D eigenvalue weighted by Crippen LogP contribution is 2.21. The number of benzene rings is 2. The Bertz CT molecular complexity index is 839. The number of hydrogen-bond donors (Lipinski definition) is 1. The first-order valence-electron chi connectivity index (χ1n) is 10.6. The molecule has 0 atom stereocenters. The molecule has 160 valence electrons. The minimum absolute atomic E-state index is 0.150. The lowest BCUT2D eigenvalue weighted by Crippen LogP contribution is -2.49. The Morgan fingerprint density at radius 2 is 1.60 bits per heavy atom. The second-order valence-corrected chi connectivity index (χ2v) is 7.92. The van der Waals surface area contributed by atoms with Gasteiger partial charge in [-0.25, -0.2) is 0 Å². The molecule has 1 aliphatic rings. The smallest absolute Gasteiger partial charge is 0.255 e. The van der Waals surface area contributed by atoms with Crippen molar-refractivity contribution < 1.29 is 14.3 Å². The van der Waals surface area contributed by atoms with Crippen LogP contribution in [0.1, 0.15) is 37.6 Å². The number of carbonyl (C=O) groups excluding carboxylic acids is 2. The van der Waals surface area contributed by atoms with E-state index in [-0.39, 0.29) is 11.8 Å². The van der Waals surface area contributed by atoms with Crippen molar-refractivity contribution in [1.29, 1.82) is 0 Å². The number of nitrogens with one attached hydrogen (secondary N) is 1. The number of piperazine rings is 1. The largest absolute Gasteiger partial charge is 0.494 e. The Balaban J connectivity index is 1.52. The molecule has 0 spiro atoms. The molecule has 6 heteroatoms. The van der Waals surface area contributed by atoms with Gasteiger partial charge < -0.3 is 19.9 Å². The molecule has 2 aromatic rings.